The van der Waals surface area contributed by atoms with Crippen molar-refractivity contribution in [2.75, 3.05) is 52.5 Å². The molecule has 0 spiro atoms. The molecule has 7 heteroatoms. The van der Waals surface area contributed by atoms with Crippen LogP contribution in [0.15, 0.2) is 78.9 Å². The molecule has 0 radical (unpaired) electrons. The number of halogens is 2. The van der Waals surface area contributed by atoms with Gasteiger partial charge < -0.3 is 14.6 Å². The van der Waals surface area contributed by atoms with E-state index < -0.39 is 12.2 Å². The average molecular weight is 483 g/mol. The molecule has 186 valence electrons. The summed E-state index contributed by atoms with van der Waals surface area (Å²) in [6.07, 6.45) is -0.936. The van der Waals surface area contributed by atoms with Crippen molar-refractivity contribution in [3.05, 3.63) is 102 Å². The number of hydrogen-bond acceptors (Lipinski definition) is 5. The number of nitrogens with zero attached hydrogens (tertiary/aromatic N) is 2. The fraction of sp³-hybridized carbons (Fsp3) is 0.357. The lowest BCUT2D eigenvalue weighted by Gasteiger charge is -2.35. The number of ether oxygens (including phenoxy) is 2. The third kappa shape index (κ3) is 7.83. The van der Waals surface area contributed by atoms with Gasteiger partial charge >= 0.3 is 0 Å². The Balaban J connectivity index is 1.21. The zero-order chi connectivity index (χ0) is 24.5. The van der Waals surface area contributed by atoms with Crippen LogP contribution in [0.1, 0.15) is 17.2 Å². The molecule has 1 fully saturated rings. The van der Waals surface area contributed by atoms with Crippen LogP contribution in [0.2, 0.25) is 0 Å². The molecular weight excluding hydrogens is 450 g/mol. The van der Waals surface area contributed by atoms with Crippen LogP contribution in [0.5, 0.6) is 5.75 Å². The van der Waals surface area contributed by atoms with Crippen molar-refractivity contribution in [3.8, 4) is 5.75 Å². The van der Waals surface area contributed by atoms with E-state index in [9.17, 15) is 13.9 Å². The Hall–Kier alpha value is -2.84. The summed E-state index contributed by atoms with van der Waals surface area (Å²) in [4.78, 5) is 4.58. The van der Waals surface area contributed by atoms with Crippen LogP contribution >= 0.6 is 0 Å². The summed E-state index contributed by atoms with van der Waals surface area (Å²) in [5.74, 6) is 0.151. The maximum Gasteiger partial charge on any atom is 0.123 e. The molecule has 1 unspecified atom stereocenters. The number of β-amino-alcohol motifs (C(OH)–C–C–N with tert-alkyl or cyclic N) is 1. The van der Waals surface area contributed by atoms with Gasteiger partial charge in [0.05, 0.1) is 6.61 Å². The van der Waals surface area contributed by atoms with Gasteiger partial charge in [-0.25, -0.2) is 8.78 Å². The third-order valence-corrected chi connectivity index (χ3v) is 6.16. The Morgan fingerprint density at radius 3 is 1.86 bits per heavy atom. The standard InChI is InChI=1S/C28H32F2N2O3/c29-24-10-6-22(7-11-24)28(23-8-12-25(30)13-9-23)34-19-18-31-14-16-32(17-15-31)20-26(33)21-35-27-4-2-1-3-5-27/h1-13,26,28,33H,14-21H2. The highest BCUT2D eigenvalue weighted by Crippen LogP contribution is 2.26. The molecular formula is C28H32F2N2O3. The van der Waals surface area contributed by atoms with Crippen LogP contribution in [-0.4, -0.2) is 73.5 Å². The average Bonchev–Trinajstić information content (AvgIpc) is 2.88. The number of piperazine rings is 1. The Bertz CT molecular complexity index is 965. The molecule has 4 rings (SSSR count). The molecule has 1 atom stereocenters. The molecule has 0 bridgehead atoms. The predicted octanol–water partition coefficient (Wildman–Crippen LogP) is 4.13. The van der Waals surface area contributed by atoms with Crippen LogP contribution in [0, 0.1) is 11.6 Å². The molecule has 1 aliphatic rings. The van der Waals surface area contributed by atoms with Gasteiger partial charge in [0, 0.05) is 39.3 Å². The predicted molar refractivity (Wildman–Crippen MR) is 131 cm³/mol. The minimum atomic E-state index is -0.544. The first-order chi connectivity index (χ1) is 17.1. The number of benzene rings is 3. The van der Waals surface area contributed by atoms with Crippen LogP contribution in [0.25, 0.3) is 0 Å². The second-order valence-electron chi connectivity index (χ2n) is 8.77. The highest BCUT2D eigenvalue weighted by molar-refractivity contribution is 5.30. The van der Waals surface area contributed by atoms with Gasteiger partial charge in [0.2, 0.25) is 0 Å². The first kappa shape index (κ1) is 25.3. The maximum absolute atomic E-state index is 13.4. The van der Waals surface area contributed by atoms with Gasteiger partial charge in [0.15, 0.2) is 0 Å². The molecule has 1 aliphatic heterocycles. The first-order valence-corrected chi connectivity index (χ1v) is 12.0. The van der Waals surface area contributed by atoms with Gasteiger partial charge in [-0.05, 0) is 47.5 Å². The third-order valence-electron chi connectivity index (χ3n) is 6.16. The van der Waals surface area contributed by atoms with Gasteiger partial charge in [-0.1, -0.05) is 42.5 Å². The van der Waals surface area contributed by atoms with E-state index in [1.54, 1.807) is 24.3 Å². The van der Waals surface area contributed by atoms with Gasteiger partial charge in [-0.3, -0.25) is 9.80 Å². The van der Waals surface area contributed by atoms with E-state index >= 15 is 0 Å². The summed E-state index contributed by atoms with van der Waals surface area (Å²) in [7, 11) is 0. The van der Waals surface area contributed by atoms with E-state index in [2.05, 4.69) is 9.80 Å². The normalized spacial score (nSPS) is 15.9. The summed E-state index contributed by atoms with van der Waals surface area (Å²) >= 11 is 0. The number of hydrogen-bond donors (Lipinski definition) is 1. The Morgan fingerprint density at radius 1 is 0.743 bits per heavy atom. The van der Waals surface area contributed by atoms with Crippen molar-refractivity contribution in [1.82, 2.24) is 9.80 Å². The second kappa shape index (κ2) is 12.7. The molecule has 0 aliphatic carbocycles. The van der Waals surface area contributed by atoms with Crippen molar-refractivity contribution < 1.29 is 23.4 Å². The lowest BCUT2D eigenvalue weighted by molar-refractivity contribution is 0.0266. The van der Waals surface area contributed by atoms with Crippen molar-refractivity contribution in [2.45, 2.75) is 12.2 Å². The summed E-state index contributed by atoms with van der Waals surface area (Å²) in [5, 5.41) is 10.3. The van der Waals surface area contributed by atoms with E-state index in [4.69, 9.17) is 9.47 Å². The fourth-order valence-electron chi connectivity index (χ4n) is 4.22. The van der Waals surface area contributed by atoms with Crippen LogP contribution in [0.3, 0.4) is 0 Å². The minimum absolute atomic E-state index is 0.270. The Labute approximate surface area is 205 Å². The summed E-state index contributed by atoms with van der Waals surface area (Å²) in [5.41, 5.74) is 1.66. The van der Waals surface area contributed by atoms with Crippen LogP contribution in [-0.2, 0) is 4.74 Å². The molecule has 35 heavy (non-hydrogen) atoms. The molecule has 1 saturated heterocycles. The van der Waals surface area contributed by atoms with Gasteiger partial charge in [0.1, 0.15) is 36.2 Å². The lowest BCUT2D eigenvalue weighted by atomic mass is 10.0. The Kier molecular flexibility index (Phi) is 9.20. The molecule has 0 amide bonds. The summed E-state index contributed by atoms with van der Waals surface area (Å²) < 4.78 is 38.7. The molecule has 3 aromatic rings. The van der Waals surface area contributed by atoms with Gasteiger partial charge in [0.25, 0.3) is 0 Å². The maximum atomic E-state index is 13.4. The SMILES string of the molecule is OC(COc1ccccc1)CN1CCN(CCOC(c2ccc(F)cc2)c2ccc(F)cc2)CC1. The fourth-order valence-corrected chi connectivity index (χ4v) is 4.22. The summed E-state index contributed by atoms with van der Waals surface area (Å²) in [6, 6.07) is 22.0. The smallest absolute Gasteiger partial charge is 0.123 e. The topological polar surface area (TPSA) is 45.2 Å². The van der Waals surface area contributed by atoms with Gasteiger partial charge in [-0.2, -0.15) is 0 Å². The van der Waals surface area contributed by atoms with E-state index in [0.29, 0.717) is 13.2 Å². The number of rotatable bonds is 11. The highest BCUT2D eigenvalue weighted by atomic mass is 19.1. The van der Waals surface area contributed by atoms with Crippen molar-refractivity contribution in [3.63, 3.8) is 0 Å². The van der Waals surface area contributed by atoms with E-state index in [-0.39, 0.29) is 18.2 Å². The van der Waals surface area contributed by atoms with E-state index in [0.717, 1.165) is 49.6 Å². The summed E-state index contributed by atoms with van der Waals surface area (Å²) in [6.45, 7) is 5.59. The lowest BCUT2D eigenvalue weighted by Crippen LogP contribution is -2.49. The molecule has 1 N–H and O–H groups in total. The molecule has 3 aromatic carbocycles. The minimum Gasteiger partial charge on any atom is -0.491 e. The molecule has 0 saturated carbocycles. The highest BCUT2D eigenvalue weighted by Gasteiger charge is 2.21. The van der Waals surface area contributed by atoms with E-state index in [1.165, 1.54) is 24.3 Å². The quantitative estimate of drug-likeness (QED) is 0.445. The van der Waals surface area contributed by atoms with Crippen molar-refractivity contribution in [1.29, 1.82) is 0 Å². The van der Waals surface area contributed by atoms with Crippen molar-refractivity contribution >= 4 is 0 Å². The zero-order valence-electron chi connectivity index (χ0n) is 19.7. The number of aliphatic hydroxyl groups excluding tert-OH is 1. The Morgan fingerprint density at radius 2 is 1.29 bits per heavy atom. The number of para-hydroxylation sites is 1. The van der Waals surface area contributed by atoms with Crippen molar-refractivity contribution in [2.24, 2.45) is 0 Å². The molecule has 0 aromatic heterocycles. The monoisotopic (exact) mass is 482 g/mol. The first-order valence-electron chi connectivity index (χ1n) is 12.0. The van der Waals surface area contributed by atoms with Gasteiger partial charge in [-0.15, -0.1) is 0 Å². The molecule has 5 nitrogen and oxygen atoms in total. The zero-order valence-corrected chi connectivity index (χ0v) is 19.7. The second-order valence-corrected chi connectivity index (χ2v) is 8.77. The van der Waals surface area contributed by atoms with E-state index in [1.807, 2.05) is 30.3 Å². The number of aliphatic hydroxyl groups is 1. The largest absolute Gasteiger partial charge is 0.491 e. The van der Waals surface area contributed by atoms with Crippen LogP contribution in [0.4, 0.5) is 8.78 Å². The van der Waals surface area contributed by atoms with Crippen LogP contribution < -0.4 is 4.74 Å². The molecule has 1 heterocycles.